The average molecular weight is 536 g/mol. The van der Waals surface area contributed by atoms with Crippen molar-refractivity contribution in [3.8, 4) is 5.75 Å². The van der Waals surface area contributed by atoms with E-state index in [2.05, 4.69) is 5.32 Å². The number of carbonyl (C=O) groups excluding carboxylic acids is 1. The molecule has 1 fully saturated rings. The van der Waals surface area contributed by atoms with Crippen LogP contribution in [0, 0.1) is 5.92 Å². The normalized spacial score (nSPS) is 20.8. The maximum atomic E-state index is 14.1. The molecule has 37 heavy (non-hydrogen) atoms. The molecule has 2 N–H and O–H groups in total. The highest BCUT2D eigenvalue weighted by molar-refractivity contribution is 5.89. The van der Waals surface area contributed by atoms with Gasteiger partial charge in [-0.3, -0.25) is 0 Å². The number of aliphatic hydroxyl groups excluding tert-OH is 1. The molecule has 2 aromatic rings. The number of rotatable bonds is 5. The Morgan fingerprint density at radius 1 is 0.973 bits per heavy atom. The third kappa shape index (κ3) is 7.00. The Bertz CT molecular complexity index is 1120. The summed E-state index contributed by atoms with van der Waals surface area (Å²) >= 11 is 0. The summed E-state index contributed by atoms with van der Waals surface area (Å²) in [5.74, 6) is -1.92. The van der Waals surface area contributed by atoms with Crippen molar-refractivity contribution in [2.75, 3.05) is 6.61 Å². The van der Waals surface area contributed by atoms with E-state index in [0.717, 1.165) is 6.07 Å². The molecule has 1 atom stereocenters. The Labute approximate surface area is 211 Å². The second kappa shape index (κ2) is 10.2. The van der Waals surface area contributed by atoms with Gasteiger partial charge in [0.1, 0.15) is 16.9 Å². The van der Waals surface area contributed by atoms with Crippen LogP contribution in [0.2, 0.25) is 0 Å². The summed E-state index contributed by atoms with van der Waals surface area (Å²) in [5, 5.41) is 12.6. The number of alkyl carbamates (subject to hydrolysis) is 1. The highest BCUT2D eigenvalue weighted by atomic mass is 19.4. The van der Waals surface area contributed by atoms with Gasteiger partial charge in [-0.25, -0.2) is 4.79 Å². The number of ether oxygens (including phenoxy) is 2. The summed E-state index contributed by atoms with van der Waals surface area (Å²) in [6, 6.07) is 6.59. The van der Waals surface area contributed by atoms with Crippen molar-refractivity contribution in [2.24, 2.45) is 5.92 Å². The summed E-state index contributed by atoms with van der Waals surface area (Å²) in [5.41, 5.74) is -2.82. The molecule has 3 rings (SSSR count). The Morgan fingerprint density at radius 2 is 1.59 bits per heavy atom. The summed E-state index contributed by atoms with van der Waals surface area (Å²) in [6.45, 7) is 5.96. The van der Waals surface area contributed by atoms with Crippen LogP contribution in [0.25, 0.3) is 10.8 Å². The van der Waals surface area contributed by atoms with Gasteiger partial charge in [-0.2, -0.15) is 26.3 Å². The van der Waals surface area contributed by atoms with Crippen LogP contribution >= 0.6 is 0 Å². The molecule has 5 nitrogen and oxygen atoms in total. The summed E-state index contributed by atoms with van der Waals surface area (Å²) in [6.07, 6.45) is -11.1. The third-order valence-corrected chi connectivity index (χ3v) is 6.43. The van der Waals surface area contributed by atoms with Crippen molar-refractivity contribution < 1.29 is 45.7 Å². The van der Waals surface area contributed by atoms with E-state index in [1.165, 1.54) is 31.2 Å². The Morgan fingerprint density at radius 3 is 2.11 bits per heavy atom. The zero-order valence-corrected chi connectivity index (χ0v) is 21.0. The first-order chi connectivity index (χ1) is 16.9. The molecule has 0 unspecified atom stereocenters. The molecule has 1 aliphatic rings. The highest BCUT2D eigenvalue weighted by Gasteiger charge is 2.43. The van der Waals surface area contributed by atoms with Crippen molar-refractivity contribution in [3.05, 3.63) is 41.5 Å². The number of alkyl halides is 6. The second-order valence-electron chi connectivity index (χ2n) is 10.6. The summed E-state index contributed by atoms with van der Waals surface area (Å²) in [4.78, 5) is 12.3. The summed E-state index contributed by atoms with van der Waals surface area (Å²) in [7, 11) is 0. The molecule has 1 saturated carbocycles. The Kier molecular flexibility index (Phi) is 7.98. The number of carbonyl (C=O) groups is 1. The molecule has 0 aliphatic heterocycles. The van der Waals surface area contributed by atoms with E-state index >= 15 is 0 Å². The molecule has 0 saturated heterocycles. The van der Waals surface area contributed by atoms with Gasteiger partial charge in [0.2, 0.25) is 0 Å². The van der Waals surface area contributed by atoms with Crippen LogP contribution in [-0.2, 0) is 16.5 Å². The molecule has 2 aromatic carbocycles. The molecule has 0 bridgehead atoms. The first-order valence-corrected chi connectivity index (χ1v) is 11.9. The topological polar surface area (TPSA) is 67.8 Å². The number of halogens is 6. The lowest BCUT2D eigenvalue weighted by Gasteiger charge is -2.32. The van der Waals surface area contributed by atoms with Gasteiger partial charge in [0.15, 0.2) is 0 Å². The number of benzene rings is 2. The molecule has 0 heterocycles. The fraction of sp³-hybridized carbons (Fsp3) is 0.577. The van der Waals surface area contributed by atoms with E-state index in [9.17, 15) is 36.2 Å². The number of fused-ring (bicyclic) bond motifs is 1. The third-order valence-electron chi connectivity index (χ3n) is 6.43. The van der Waals surface area contributed by atoms with Gasteiger partial charge in [-0.05, 0) is 81.8 Å². The second-order valence-corrected chi connectivity index (χ2v) is 10.6. The van der Waals surface area contributed by atoms with E-state index in [1.807, 2.05) is 0 Å². The molecule has 0 spiro atoms. The van der Waals surface area contributed by atoms with Gasteiger partial charge in [-0.15, -0.1) is 0 Å². The fourth-order valence-corrected chi connectivity index (χ4v) is 4.46. The number of aliphatic hydroxyl groups is 1. The van der Waals surface area contributed by atoms with Gasteiger partial charge in [0, 0.05) is 0 Å². The van der Waals surface area contributed by atoms with Crippen LogP contribution in [-0.4, -0.2) is 35.7 Å². The molecular formula is C26H31F6NO4. The zero-order valence-electron chi connectivity index (χ0n) is 21.0. The summed E-state index contributed by atoms with van der Waals surface area (Å²) < 4.78 is 92.1. The smallest absolute Gasteiger partial charge is 0.420 e. The van der Waals surface area contributed by atoms with Crippen molar-refractivity contribution >= 4 is 16.9 Å². The quantitative estimate of drug-likeness (QED) is 0.401. The number of nitrogens with one attached hydrogen (secondary N) is 1. The molecule has 206 valence electrons. The van der Waals surface area contributed by atoms with E-state index in [0.29, 0.717) is 5.56 Å². The zero-order chi connectivity index (χ0) is 27.8. The Hall–Kier alpha value is -2.69. The predicted octanol–water partition coefficient (Wildman–Crippen LogP) is 7.09. The lowest BCUT2D eigenvalue weighted by atomic mass is 9.87. The molecule has 11 heteroatoms. The minimum Gasteiger partial charge on any atom is -0.490 e. The van der Waals surface area contributed by atoms with Crippen LogP contribution < -0.4 is 10.1 Å². The van der Waals surface area contributed by atoms with Gasteiger partial charge in [0.05, 0.1) is 24.2 Å². The van der Waals surface area contributed by atoms with Gasteiger partial charge < -0.3 is 19.9 Å². The van der Waals surface area contributed by atoms with Gasteiger partial charge >= 0.3 is 18.4 Å². The van der Waals surface area contributed by atoms with Crippen LogP contribution in [0.1, 0.15) is 64.5 Å². The molecule has 1 amide bonds. The molecular weight excluding hydrogens is 504 g/mol. The lowest BCUT2D eigenvalue weighted by Crippen LogP contribution is -2.48. The van der Waals surface area contributed by atoms with Gasteiger partial charge in [0.25, 0.3) is 0 Å². The number of hydrogen-bond donors (Lipinski definition) is 2. The Balaban J connectivity index is 1.91. The highest BCUT2D eigenvalue weighted by Crippen LogP contribution is 2.44. The molecule has 1 aliphatic carbocycles. The SMILES string of the molecule is CC(C)(C)OC(=O)N[C@@](C)(CO)c1ccc2c(C(F)(F)F)c(O[C@H]3CC[C@H](C(F)(F)F)CC3)ccc2c1. The van der Waals surface area contributed by atoms with E-state index in [-0.39, 0.29) is 36.5 Å². The van der Waals surface area contributed by atoms with Crippen molar-refractivity contribution in [1.82, 2.24) is 5.32 Å². The van der Waals surface area contributed by atoms with Crippen LogP contribution in [0.15, 0.2) is 30.3 Å². The molecule has 0 radical (unpaired) electrons. The monoisotopic (exact) mass is 535 g/mol. The van der Waals surface area contributed by atoms with Crippen molar-refractivity contribution in [2.45, 2.75) is 83.0 Å². The fourth-order valence-electron chi connectivity index (χ4n) is 4.46. The standard InChI is InChI=1S/C26H31F6NO4/c1-23(2,3)37-22(35)33-24(4,14-34)17-8-11-19-15(13-17)5-12-20(21(19)26(30,31)32)36-18-9-6-16(7-10-18)25(27,28)29/h5,8,11-13,16,18,34H,6-7,9-10,14H2,1-4H3,(H,33,35)/t16-,18-,24-/m0/s1. The molecule has 0 aromatic heterocycles. The predicted molar refractivity (Wildman–Crippen MR) is 125 cm³/mol. The largest absolute Gasteiger partial charge is 0.490 e. The van der Waals surface area contributed by atoms with Crippen LogP contribution in [0.5, 0.6) is 5.75 Å². The maximum absolute atomic E-state index is 14.1. The van der Waals surface area contributed by atoms with E-state index < -0.39 is 59.5 Å². The number of amides is 1. The first-order valence-electron chi connectivity index (χ1n) is 11.9. The van der Waals surface area contributed by atoms with E-state index in [4.69, 9.17) is 9.47 Å². The van der Waals surface area contributed by atoms with Crippen LogP contribution in [0.3, 0.4) is 0 Å². The van der Waals surface area contributed by atoms with E-state index in [1.54, 1.807) is 20.8 Å². The van der Waals surface area contributed by atoms with Crippen molar-refractivity contribution in [3.63, 3.8) is 0 Å². The number of hydrogen-bond acceptors (Lipinski definition) is 4. The lowest BCUT2D eigenvalue weighted by molar-refractivity contribution is -0.185. The minimum absolute atomic E-state index is 0.00361. The van der Waals surface area contributed by atoms with Crippen molar-refractivity contribution in [1.29, 1.82) is 0 Å². The minimum atomic E-state index is -4.80. The van der Waals surface area contributed by atoms with Gasteiger partial charge in [-0.1, -0.05) is 18.2 Å². The van der Waals surface area contributed by atoms with Crippen LogP contribution in [0.4, 0.5) is 31.1 Å². The maximum Gasteiger partial charge on any atom is 0.420 e. The average Bonchev–Trinajstić information content (AvgIpc) is 2.76. The first kappa shape index (κ1) is 28.9.